The van der Waals surface area contributed by atoms with E-state index in [1.807, 2.05) is 36.4 Å². The molecule has 4 N–H and O–H groups in total. The highest BCUT2D eigenvalue weighted by molar-refractivity contribution is 7.14. The molecule has 0 bridgehead atoms. The van der Waals surface area contributed by atoms with Gasteiger partial charge in [-0.1, -0.05) is 60.7 Å². The summed E-state index contributed by atoms with van der Waals surface area (Å²) in [7, 11) is 0. The number of nitrogens with two attached hydrogens (primary N) is 1. The molecule has 162 valence electrons. The van der Waals surface area contributed by atoms with Gasteiger partial charge in [0.2, 0.25) is 5.91 Å². The van der Waals surface area contributed by atoms with Crippen molar-refractivity contribution in [3.8, 4) is 0 Å². The first-order valence-corrected chi connectivity index (χ1v) is 10.7. The zero-order valence-corrected chi connectivity index (χ0v) is 17.7. The molecule has 9 heteroatoms. The van der Waals surface area contributed by atoms with E-state index < -0.39 is 35.8 Å². The Labute approximate surface area is 188 Å². The van der Waals surface area contributed by atoms with Crippen molar-refractivity contribution < 1.29 is 19.2 Å². The van der Waals surface area contributed by atoms with Gasteiger partial charge in [0.1, 0.15) is 11.5 Å². The zero-order chi connectivity index (χ0) is 22.7. The Morgan fingerprint density at radius 3 is 2.31 bits per heavy atom. The fourth-order valence-corrected chi connectivity index (χ4v) is 4.53. The molecule has 1 saturated heterocycles. The van der Waals surface area contributed by atoms with Crippen LogP contribution in [-0.4, -0.2) is 35.2 Å². The summed E-state index contributed by atoms with van der Waals surface area (Å²) in [5.41, 5.74) is 5.63. The zero-order valence-electron chi connectivity index (χ0n) is 16.9. The van der Waals surface area contributed by atoms with Crippen molar-refractivity contribution in [2.24, 2.45) is 5.73 Å². The first kappa shape index (κ1) is 21.3. The second-order valence-electron chi connectivity index (χ2n) is 7.33. The second-order valence-corrected chi connectivity index (χ2v) is 8.25. The van der Waals surface area contributed by atoms with Crippen LogP contribution in [0.1, 0.15) is 21.5 Å². The molecule has 5 amide bonds. The monoisotopic (exact) mass is 448 g/mol. The van der Waals surface area contributed by atoms with E-state index in [1.54, 1.807) is 29.6 Å². The van der Waals surface area contributed by atoms with Crippen LogP contribution in [0, 0.1) is 0 Å². The number of primary amides is 1. The summed E-state index contributed by atoms with van der Waals surface area (Å²) < 4.78 is 0. The van der Waals surface area contributed by atoms with E-state index in [0.717, 1.165) is 21.8 Å². The summed E-state index contributed by atoms with van der Waals surface area (Å²) >= 11 is 1.13. The summed E-state index contributed by atoms with van der Waals surface area (Å²) in [6.45, 7) is -0.496. The largest absolute Gasteiger partial charge is 0.366 e. The van der Waals surface area contributed by atoms with E-state index in [1.165, 1.54) is 6.07 Å². The lowest BCUT2D eigenvalue weighted by Crippen LogP contribution is -2.46. The van der Waals surface area contributed by atoms with Crippen molar-refractivity contribution in [1.29, 1.82) is 0 Å². The minimum atomic E-state index is -1.33. The summed E-state index contributed by atoms with van der Waals surface area (Å²) in [6.07, 6.45) is 0.233. The van der Waals surface area contributed by atoms with E-state index in [2.05, 4.69) is 10.6 Å². The van der Waals surface area contributed by atoms with E-state index in [-0.39, 0.29) is 17.0 Å². The molecule has 1 aromatic heterocycles. The van der Waals surface area contributed by atoms with Gasteiger partial charge in [-0.05, 0) is 22.6 Å². The lowest BCUT2D eigenvalue weighted by atomic mass is 9.83. The number of anilines is 1. The Bertz CT molecular complexity index is 1180. The number of amides is 5. The molecule has 0 saturated carbocycles. The highest BCUT2D eigenvalue weighted by Gasteiger charge is 2.52. The van der Waals surface area contributed by atoms with Crippen molar-refractivity contribution in [1.82, 2.24) is 10.2 Å². The molecule has 1 fully saturated rings. The molecule has 2 aromatic carbocycles. The van der Waals surface area contributed by atoms with Gasteiger partial charge < -0.3 is 16.4 Å². The third kappa shape index (κ3) is 3.97. The number of carbonyl (C=O) groups excluding carboxylic acids is 4. The number of benzene rings is 2. The molecular weight excluding hydrogens is 428 g/mol. The molecule has 0 aliphatic carbocycles. The molecule has 4 rings (SSSR count). The van der Waals surface area contributed by atoms with E-state index in [4.69, 9.17) is 5.73 Å². The molecule has 0 unspecified atom stereocenters. The Kier molecular flexibility index (Phi) is 5.74. The number of imide groups is 1. The van der Waals surface area contributed by atoms with Gasteiger partial charge in [0.05, 0.1) is 5.56 Å². The van der Waals surface area contributed by atoms with Crippen LogP contribution in [0.5, 0.6) is 0 Å². The van der Waals surface area contributed by atoms with Gasteiger partial charge in [-0.25, -0.2) is 4.79 Å². The Hall–Kier alpha value is -3.98. The molecule has 1 aliphatic rings. The smallest absolute Gasteiger partial charge is 0.325 e. The van der Waals surface area contributed by atoms with Crippen LogP contribution >= 0.6 is 11.3 Å². The molecule has 2 heterocycles. The van der Waals surface area contributed by atoms with Crippen LogP contribution in [0.3, 0.4) is 0 Å². The van der Waals surface area contributed by atoms with Crippen molar-refractivity contribution in [2.75, 3.05) is 11.9 Å². The second kappa shape index (κ2) is 8.64. The van der Waals surface area contributed by atoms with Gasteiger partial charge in [-0.3, -0.25) is 19.3 Å². The quantitative estimate of drug-likeness (QED) is 0.481. The van der Waals surface area contributed by atoms with Crippen LogP contribution in [-0.2, 0) is 21.5 Å². The highest BCUT2D eigenvalue weighted by Crippen LogP contribution is 2.33. The summed E-state index contributed by atoms with van der Waals surface area (Å²) in [6, 6.07) is 19.1. The van der Waals surface area contributed by atoms with Gasteiger partial charge in [0, 0.05) is 6.42 Å². The molecule has 32 heavy (non-hydrogen) atoms. The molecule has 0 spiro atoms. The Morgan fingerprint density at radius 1 is 1.00 bits per heavy atom. The predicted octanol–water partition coefficient (Wildman–Crippen LogP) is 2.48. The van der Waals surface area contributed by atoms with Crippen molar-refractivity contribution in [3.63, 3.8) is 0 Å². The number of hydrogen-bond acceptors (Lipinski definition) is 5. The number of urea groups is 1. The average molecular weight is 449 g/mol. The average Bonchev–Trinajstić information content (AvgIpc) is 3.34. The summed E-state index contributed by atoms with van der Waals surface area (Å²) in [4.78, 5) is 51.3. The molecule has 1 atom stereocenters. The predicted molar refractivity (Wildman–Crippen MR) is 120 cm³/mol. The van der Waals surface area contributed by atoms with E-state index in [0.29, 0.717) is 5.56 Å². The van der Waals surface area contributed by atoms with Crippen molar-refractivity contribution in [3.05, 3.63) is 88.8 Å². The Morgan fingerprint density at radius 2 is 1.66 bits per heavy atom. The van der Waals surface area contributed by atoms with E-state index >= 15 is 0 Å². The summed E-state index contributed by atoms with van der Waals surface area (Å²) in [5.74, 6) is -1.81. The maximum Gasteiger partial charge on any atom is 0.325 e. The van der Waals surface area contributed by atoms with Gasteiger partial charge in [-0.15, -0.1) is 11.3 Å². The maximum atomic E-state index is 13.5. The SMILES string of the molecule is NC(=O)c1ccsc1NC(=O)CN1C(=O)N[C@@](Cc2ccccc2)(c2ccccc2)C1=O. The van der Waals surface area contributed by atoms with Crippen molar-refractivity contribution in [2.45, 2.75) is 12.0 Å². The lowest BCUT2D eigenvalue weighted by Gasteiger charge is -2.27. The van der Waals surface area contributed by atoms with Gasteiger partial charge in [-0.2, -0.15) is 0 Å². The molecule has 8 nitrogen and oxygen atoms in total. The van der Waals surface area contributed by atoms with Crippen LogP contribution in [0.2, 0.25) is 0 Å². The number of nitrogens with zero attached hydrogens (tertiary/aromatic N) is 1. The van der Waals surface area contributed by atoms with Gasteiger partial charge in [0.25, 0.3) is 11.8 Å². The number of rotatable bonds is 7. The fourth-order valence-electron chi connectivity index (χ4n) is 3.72. The molecule has 0 radical (unpaired) electrons. The number of hydrogen-bond donors (Lipinski definition) is 3. The first-order valence-electron chi connectivity index (χ1n) is 9.81. The number of nitrogens with one attached hydrogen (secondary N) is 2. The molecule has 3 aromatic rings. The van der Waals surface area contributed by atoms with Crippen LogP contribution in [0.25, 0.3) is 0 Å². The van der Waals surface area contributed by atoms with Crippen LogP contribution < -0.4 is 16.4 Å². The van der Waals surface area contributed by atoms with Crippen molar-refractivity contribution >= 4 is 40.1 Å². The molecule has 1 aliphatic heterocycles. The fraction of sp³-hybridized carbons (Fsp3) is 0.130. The van der Waals surface area contributed by atoms with Gasteiger partial charge in [0.15, 0.2) is 5.54 Å². The van der Waals surface area contributed by atoms with E-state index in [9.17, 15) is 19.2 Å². The first-order chi connectivity index (χ1) is 15.4. The third-order valence-corrected chi connectivity index (χ3v) is 6.07. The Balaban J connectivity index is 1.60. The minimum absolute atomic E-state index is 0.170. The van der Waals surface area contributed by atoms with Gasteiger partial charge >= 0.3 is 6.03 Å². The number of thiophene rings is 1. The number of carbonyl (C=O) groups is 4. The third-order valence-electron chi connectivity index (χ3n) is 5.24. The highest BCUT2D eigenvalue weighted by atomic mass is 32.1. The lowest BCUT2D eigenvalue weighted by molar-refractivity contribution is -0.134. The standard InChI is InChI=1S/C23H20N4O4S/c24-19(29)17-11-12-32-20(17)25-18(28)14-27-21(30)23(26-22(27)31,16-9-5-2-6-10-16)13-15-7-3-1-4-8-15/h1-12H,13-14H2,(H2,24,29)(H,25,28)(H,26,31)/t23-/m0/s1. The topological polar surface area (TPSA) is 122 Å². The summed E-state index contributed by atoms with van der Waals surface area (Å²) in [5, 5.41) is 7.26. The minimum Gasteiger partial charge on any atom is -0.366 e. The normalized spacial score (nSPS) is 17.8. The van der Waals surface area contributed by atoms with Crippen LogP contribution in [0.4, 0.5) is 9.80 Å². The molecular formula is C23H20N4O4S. The maximum absolute atomic E-state index is 13.5. The van der Waals surface area contributed by atoms with Crippen LogP contribution in [0.15, 0.2) is 72.1 Å².